The maximum absolute atomic E-state index is 11.9. The summed E-state index contributed by atoms with van der Waals surface area (Å²) in [6.45, 7) is 4.52. The molecule has 20 heavy (non-hydrogen) atoms. The summed E-state index contributed by atoms with van der Waals surface area (Å²) >= 11 is 0. The number of nitrogens with zero attached hydrogens (tertiary/aromatic N) is 1. The van der Waals surface area contributed by atoms with Crippen LogP contribution in [-0.4, -0.2) is 29.8 Å². The van der Waals surface area contributed by atoms with Gasteiger partial charge in [0, 0.05) is 18.8 Å². The lowest BCUT2D eigenvalue weighted by molar-refractivity contribution is 0.0693. The molecular formula is C16H20N2O2. The molecule has 0 saturated heterocycles. The van der Waals surface area contributed by atoms with E-state index in [4.69, 9.17) is 0 Å². The molecule has 2 aliphatic rings. The summed E-state index contributed by atoms with van der Waals surface area (Å²) in [5.41, 5.74) is 1.96. The summed E-state index contributed by atoms with van der Waals surface area (Å²) < 4.78 is 0. The lowest BCUT2D eigenvalue weighted by Crippen LogP contribution is -2.37. The molecule has 106 valence electrons. The highest BCUT2D eigenvalue weighted by Gasteiger charge is 2.34. The van der Waals surface area contributed by atoms with Crippen LogP contribution in [0.25, 0.3) is 0 Å². The smallest absolute Gasteiger partial charge is 0.261 e. The van der Waals surface area contributed by atoms with Gasteiger partial charge in [0.05, 0.1) is 11.1 Å². The monoisotopic (exact) mass is 272 g/mol. The van der Waals surface area contributed by atoms with Crippen LogP contribution in [0.4, 0.5) is 5.69 Å². The zero-order valence-electron chi connectivity index (χ0n) is 12.1. The summed E-state index contributed by atoms with van der Waals surface area (Å²) in [6.07, 6.45) is 2.36. The SMILES string of the molecule is CC(C)C1CC(Nc2ccc3c(c2)C(=O)N(C)C3=O)C1. The highest BCUT2D eigenvalue weighted by atomic mass is 16.2. The Kier molecular flexibility index (Phi) is 3.04. The van der Waals surface area contributed by atoms with E-state index < -0.39 is 0 Å². The van der Waals surface area contributed by atoms with Crippen LogP contribution in [0.2, 0.25) is 0 Å². The number of nitrogens with one attached hydrogen (secondary N) is 1. The van der Waals surface area contributed by atoms with E-state index in [0.717, 1.165) is 17.5 Å². The first-order valence-electron chi connectivity index (χ1n) is 7.20. The minimum atomic E-state index is -0.208. The summed E-state index contributed by atoms with van der Waals surface area (Å²) in [4.78, 5) is 24.9. The third-order valence-electron chi connectivity index (χ3n) is 4.58. The van der Waals surface area contributed by atoms with Gasteiger partial charge in [0.25, 0.3) is 11.8 Å². The van der Waals surface area contributed by atoms with E-state index in [-0.39, 0.29) is 11.8 Å². The van der Waals surface area contributed by atoms with Gasteiger partial charge in [-0.3, -0.25) is 14.5 Å². The molecule has 1 fully saturated rings. The highest BCUT2D eigenvalue weighted by molar-refractivity contribution is 6.21. The van der Waals surface area contributed by atoms with Crippen LogP contribution < -0.4 is 5.32 Å². The molecule has 1 saturated carbocycles. The average molecular weight is 272 g/mol. The van der Waals surface area contributed by atoms with Gasteiger partial charge in [-0.2, -0.15) is 0 Å². The molecule has 2 amide bonds. The minimum Gasteiger partial charge on any atom is -0.382 e. The number of rotatable bonds is 3. The van der Waals surface area contributed by atoms with Gasteiger partial charge in [0.1, 0.15) is 0 Å². The minimum absolute atomic E-state index is 0.206. The average Bonchev–Trinajstić information content (AvgIpc) is 2.58. The molecule has 3 rings (SSSR count). The lowest BCUT2D eigenvalue weighted by atomic mass is 9.73. The predicted octanol–water partition coefficient (Wildman–Crippen LogP) is 2.76. The van der Waals surface area contributed by atoms with E-state index in [0.29, 0.717) is 17.2 Å². The molecule has 0 unspecified atom stereocenters. The van der Waals surface area contributed by atoms with Crippen molar-refractivity contribution in [3.63, 3.8) is 0 Å². The van der Waals surface area contributed by atoms with Crippen molar-refractivity contribution in [2.24, 2.45) is 11.8 Å². The highest BCUT2D eigenvalue weighted by Crippen LogP contribution is 2.36. The molecule has 1 aromatic carbocycles. The molecule has 1 aromatic rings. The Morgan fingerprint density at radius 3 is 2.45 bits per heavy atom. The van der Waals surface area contributed by atoms with Gasteiger partial charge in [-0.05, 0) is 42.9 Å². The van der Waals surface area contributed by atoms with Gasteiger partial charge in [-0.15, -0.1) is 0 Å². The third kappa shape index (κ3) is 1.99. The molecule has 0 radical (unpaired) electrons. The van der Waals surface area contributed by atoms with Crippen molar-refractivity contribution < 1.29 is 9.59 Å². The van der Waals surface area contributed by atoms with Gasteiger partial charge in [0.15, 0.2) is 0 Å². The van der Waals surface area contributed by atoms with Crippen molar-refractivity contribution in [2.45, 2.75) is 32.7 Å². The van der Waals surface area contributed by atoms with Crippen LogP contribution in [-0.2, 0) is 0 Å². The summed E-state index contributed by atoms with van der Waals surface area (Å²) in [6, 6.07) is 5.94. The van der Waals surface area contributed by atoms with Crippen LogP contribution in [0.3, 0.4) is 0 Å². The van der Waals surface area contributed by atoms with Gasteiger partial charge < -0.3 is 5.32 Å². The van der Waals surface area contributed by atoms with E-state index in [2.05, 4.69) is 19.2 Å². The van der Waals surface area contributed by atoms with E-state index in [1.807, 2.05) is 12.1 Å². The summed E-state index contributed by atoms with van der Waals surface area (Å²) in [5.74, 6) is 1.12. The molecule has 0 bridgehead atoms. The fourth-order valence-corrected chi connectivity index (χ4v) is 3.01. The zero-order valence-corrected chi connectivity index (χ0v) is 12.1. The first kappa shape index (κ1) is 13.2. The number of amides is 2. The molecular weight excluding hydrogens is 252 g/mol. The van der Waals surface area contributed by atoms with Crippen molar-refractivity contribution in [3.05, 3.63) is 29.3 Å². The second-order valence-corrected chi connectivity index (χ2v) is 6.25. The largest absolute Gasteiger partial charge is 0.382 e. The quantitative estimate of drug-likeness (QED) is 0.861. The third-order valence-corrected chi connectivity index (χ3v) is 4.58. The second kappa shape index (κ2) is 4.62. The van der Waals surface area contributed by atoms with Crippen molar-refractivity contribution >= 4 is 17.5 Å². The standard InChI is InChI=1S/C16H20N2O2/c1-9(2)10-6-12(7-10)17-11-4-5-13-14(8-11)16(20)18(3)15(13)19/h4-5,8-10,12,17H,6-7H2,1-3H3. The van der Waals surface area contributed by atoms with Gasteiger partial charge in [0.2, 0.25) is 0 Å². The van der Waals surface area contributed by atoms with Crippen LogP contribution in [0, 0.1) is 11.8 Å². The van der Waals surface area contributed by atoms with Gasteiger partial charge in [-0.25, -0.2) is 0 Å². The fraction of sp³-hybridized carbons (Fsp3) is 0.500. The molecule has 1 heterocycles. The van der Waals surface area contributed by atoms with E-state index in [9.17, 15) is 9.59 Å². The van der Waals surface area contributed by atoms with Gasteiger partial charge >= 0.3 is 0 Å². The number of anilines is 1. The number of hydrogen-bond acceptors (Lipinski definition) is 3. The topological polar surface area (TPSA) is 49.4 Å². The van der Waals surface area contributed by atoms with Crippen LogP contribution in [0.5, 0.6) is 0 Å². The Bertz CT molecular complexity index is 574. The van der Waals surface area contributed by atoms with Crippen molar-refractivity contribution in [1.29, 1.82) is 0 Å². The number of hydrogen-bond donors (Lipinski definition) is 1. The maximum atomic E-state index is 11.9. The Morgan fingerprint density at radius 2 is 1.80 bits per heavy atom. The van der Waals surface area contributed by atoms with E-state index >= 15 is 0 Å². The first-order chi connectivity index (χ1) is 9.47. The number of carbonyl (C=O) groups excluding carboxylic acids is 2. The molecule has 4 nitrogen and oxygen atoms in total. The van der Waals surface area contributed by atoms with Gasteiger partial charge in [-0.1, -0.05) is 13.8 Å². The molecule has 0 atom stereocenters. The summed E-state index contributed by atoms with van der Waals surface area (Å²) in [5, 5.41) is 3.46. The maximum Gasteiger partial charge on any atom is 0.261 e. The van der Waals surface area contributed by atoms with Crippen molar-refractivity contribution in [2.75, 3.05) is 12.4 Å². The zero-order chi connectivity index (χ0) is 14.4. The fourth-order valence-electron chi connectivity index (χ4n) is 3.01. The van der Waals surface area contributed by atoms with Crippen LogP contribution >= 0.6 is 0 Å². The Labute approximate surface area is 119 Å². The van der Waals surface area contributed by atoms with Crippen LogP contribution in [0.1, 0.15) is 47.4 Å². The lowest BCUT2D eigenvalue weighted by Gasteiger charge is -2.39. The van der Waals surface area contributed by atoms with Crippen molar-refractivity contribution in [3.8, 4) is 0 Å². The second-order valence-electron chi connectivity index (χ2n) is 6.25. The Morgan fingerprint density at radius 1 is 1.15 bits per heavy atom. The number of benzene rings is 1. The molecule has 1 aliphatic carbocycles. The normalized spacial score (nSPS) is 24.9. The molecule has 1 aliphatic heterocycles. The number of carbonyl (C=O) groups is 2. The summed E-state index contributed by atoms with van der Waals surface area (Å²) in [7, 11) is 1.52. The molecule has 0 spiro atoms. The molecule has 4 heteroatoms. The van der Waals surface area contributed by atoms with E-state index in [1.165, 1.54) is 24.8 Å². The number of imide groups is 1. The Hall–Kier alpha value is -1.84. The Balaban J connectivity index is 1.72. The molecule has 1 N–H and O–H groups in total. The predicted molar refractivity (Wildman–Crippen MR) is 77.8 cm³/mol. The molecule has 0 aromatic heterocycles. The number of fused-ring (bicyclic) bond motifs is 1. The van der Waals surface area contributed by atoms with Crippen molar-refractivity contribution in [1.82, 2.24) is 4.90 Å². The van der Waals surface area contributed by atoms with Crippen LogP contribution in [0.15, 0.2) is 18.2 Å². The first-order valence-corrected chi connectivity index (χ1v) is 7.20. The van der Waals surface area contributed by atoms with E-state index in [1.54, 1.807) is 6.07 Å².